The summed E-state index contributed by atoms with van der Waals surface area (Å²) >= 11 is 0. The van der Waals surface area contributed by atoms with E-state index in [1.54, 1.807) is 4.68 Å². The lowest BCUT2D eigenvalue weighted by Gasteiger charge is -2.31. The van der Waals surface area contributed by atoms with Crippen molar-refractivity contribution in [3.05, 3.63) is 47.8 Å². The van der Waals surface area contributed by atoms with Crippen molar-refractivity contribution in [2.45, 2.75) is 19.9 Å². The van der Waals surface area contributed by atoms with Crippen LogP contribution in [-0.2, 0) is 0 Å². The van der Waals surface area contributed by atoms with Gasteiger partial charge in [0.15, 0.2) is 0 Å². The number of hydrogen-bond donors (Lipinski definition) is 1. The molecule has 21 heavy (non-hydrogen) atoms. The molecule has 0 aliphatic carbocycles. The number of aromatic nitrogens is 2. The summed E-state index contributed by atoms with van der Waals surface area (Å²) in [5, 5.41) is 7.82. The summed E-state index contributed by atoms with van der Waals surface area (Å²) < 4.78 is 1.77. The van der Waals surface area contributed by atoms with E-state index in [1.165, 1.54) is 0 Å². The van der Waals surface area contributed by atoms with Crippen molar-refractivity contribution < 1.29 is 4.79 Å². The Balaban J connectivity index is 1.86. The number of amides is 1. The molecular formula is C16H20N4O. The molecule has 0 radical (unpaired) electrons. The number of aryl methyl sites for hydroxylation is 1. The van der Waals surface area contributed by atoms with Crippen LogP contribution in [0.15, 0.2) is 36.5 Å². The topological polar surface area (TPSA) is 50.2 Å². The van der Waals surface area contributed by atoms with Crippen molar-refractivity contribution in [2.24, 2.45) is 0 Å². The first kappa shape index (κ1) is 13.8. The van der Waals surface area contributed by atoms with Gasteiger partial charge in [0.05, 0.1) is 16.9 Å². The minimum atomic E-state index is 0.0723. The van der Waals surface area contributed by atoms with Crippen molar-refractivity contribution in [3.8, 4) is 5.69 Å². The van der Waals surface area contributed by atoms with Gasteiger partial charge in [-0.05, 0) is 26.0 Å². The summed E-state index contributed by atoms with van der Waals surface area (Å²) in [4.78, 5) is 14.6. The Labute approximate surface area is 124 Å². The van der Waals surface area contributed by atoms with Crippen LogP contribution in [0, 0.1) is 6.92 Å². The molecule has 1 aromatic heterocycles. The molecule has 0 unspecified atom stereocenters. The van der Waals surface area contributed by atoms with Gasteiger partial charge in [-0.1, -0.05) is 18.2 Å². The Morgan fingerprint density at radius 1 is 1.33 bits per heavy atom. The monoisotopic (exact) mass is 284 g/mol. The third-order valence-corrected chi connectivity index (χ3v) is 3.81. The zero-order chi connectivity index (χ0) is 14.8. The van der Waals surface area contributed by atoms with Crippen LogP contribution in [-0.4, -0.2) is 46.3 Å². The third kappa shape index (κ3) is 2.83. The van der Waals surface area contributed by atoms with Gasteiger partial charge in [0, 0.05) is 31.9 Å². The summed E-state index contributed by atoms with van der Waals surface area (Å²) in [6.45, 7) is 6.32. The Bertz CT molecular complexity index is 635. The SMILES string of the molecule is Cc1nn(-c2ccccc2)cc1C(=O)N1CCN[C@@H](C)C1. The number of carbonyl (C=O) groups is 1. The summed E-state index contributed by atoms with van der Waals surface area (Å²) in [6, 6.07) is 10.2. The maximum absolute atomic E-state index is 12.7. The standard InChI is InChI=1S/C16H20N4O/c1-12-10-19(9-8-17-12)16(21)15-11-20(18-13(15)2)14-6-4-3-5-7-14/h3-7,11-12,17H,8-10H2,1-2H3/t12-/m0/s1. The molecule has 1 fully saturated rings. The second kappa shape index (κ2) is 5.69. The van der Waals surface area contributed by atoms with E-state index in [9.17, 15) is 4.79 Å². The van der Waals surface area contributed by atoms with Crippen molar-refractivity contribution in [3.63, 3.8) is 0 Å². The Morgan fingerprint density at radius 3 is 2.81 bits per heavy atom. The average Bonchev–Trinajstić information content (AvgIpc) is 2.89. The molecule has 0 bridgehead atoms. The maximum Gasteiger partial charge on any atom is 0.257 e. The number of rotatable bonds is 2. The normalized spacial score (nSPS) is 18.8. The molecule has 3 rings (SSSR count). The fourth-order valence-electron chi connectivity index (χ4n) is 2.67. The highest BCUT2D eigenvalue weighted by Crippen LogP contribution is 2.15. The Kier molecular flexibility index (Phi) is 3.75. The molecule has 1 amide bonds. The molecule has 1 atom stereocenters. The first-order valence-corrected chi connectivity index (χ1v) is 7.29. The summed E-state index contributed by atoms with van der Waals surface area (Å²) in [5.74, 6) is 0.0723. The van der Waals surface area contributed by atoms with E-state index in [4.69, 9.17) is 0 Å². The zero-order valence-corrected chi connectivity index (χ0v) is 12.4. The van der Waals surface area contributed by atoms with E-state index < -0.39 is 0 Å². The van der Waals surface area contributed by atoms with Crippen LogP contribution in [0.3, 0.4) is 0 Å². The van der Waals surface area contributed by atoms with E-state index in [1.807, 2.05) is 48.4 Å². The average molecular weight is 284 g/mol. The molecule has 2 heterocycles. The van der Waals surface area contributed by atoms with Crippen molar-refractivity contribution in [1.29, 1.82) is 0 Å². The molecule has 1 aliphatic heterocycles. The van der Waals surface area contributed by atoms with Crippen LogP contribution in [0.5, 0.6) is 0 Å². The molecule has 1 aliphatic rings. The van der Waals surface area contributed by atoms with E-state index >= 15 is 0 Å². The number of benzene rings is 1. The maximum atomic E-state index is 12.7. The highest BCUT2D eigenvalue weighted by molar-refractivity contribution is 5.95. The van der Waals surface area contributed by atoms with E-state index in [0.717, 1.165) is 31.0 Å². The highest BCUT2D eigenvalue weighted by atomic mass is 16.2. The first-order chi connectivity index (χ1) is 10.1. The molecule has 0 saturated carbocycles. The molecule has 5 nitrogen and oxygen atoms in total. The van der Waals surface area contributed by atoms with Gasteiger partial charge < -0.3 is 10.2 Å². The zero-order valence-electron chi connectivity index (χ0n) is 12.4. The minimum absolute atomic E-state index is 0.0723. The largest absolute Gasteiger partial charge is 0.336 e. The fourth-order valence-corrected chi connectivity index (χ4v) is 2.67. The van der Waals surface area contributed by atoms with Crippen molar-refractivity contribution in [2.75, 3.05) is 19.6 Å². The Morgan fingerprint density at radius 2 is 2.10 bits per heavy atom. The molecule has 110 valence electrons. The van der Waals surface area contributed by atoms with Gasteiger partial charge in [-0.15, -0.1) is 0 Å². The summed E-state index contributed by atoms with van der Waals surface area (Å²) in [7, 11) is 0. The molecule has 0 spiro atoms. The number of hydrogen-bond acceptors (Lipinski definition) is 3. The molecule has 1 N–H and O–H groups in total. The van der Waals surface area contributed by atoms with Crippen LogP contribution in [0.4, 0.5) is 0 Å². The predicted molar refractivity (Wildman–Crippen MR) is 81.7 cm³/mol. The van der Waals surface area contributed by atoms with Crippen LogP contribution in [0.1, 0.15) is 23.0 Å². The quantitative estimate of drug-likeness (QED) is 0.911. The summed E-state index contributed by atoms with van der Waals surface area (Å²) in [6.07, 6.45) is 1.83. The van der Waals surface area contributed by atoms with Gasteiger partial charge in [0.1, 0.15) is 0 Å². The number of piperazine rings is 1. The van der Waals surface area contributed by atoms with Crippen molar-refractivity contribution in [1.82, 2.24) is 20.0 Å². The van der Waals surface area contributed by atoms with Gasteiger partial charge in [-0.2, -0.15) is 5.10 Å². The van der Waals surface area contributed by atoms with E-state index in [2.05, 4.69) is 17.3 Å². The number of carbonyl (C=O) groups excluding carboxylic acids is 1. The first-order valence-electron chi connectivity index (χ1n) is 7.29. The second-order valence-corrected chi connectivity index (χ2v) is 5.51. The lowest BCUT2D eigenvalue weighted by molar-refractivity contribution is 0.0708. The molecule has 2 aromatic rings. The Hall–Kier alpha value is -2.14. The number of nitrogens with one attached hydrogen (secondary N) is 1. The lowest BCUT2D eigenvalue weighted by Crippen LogP contribution is -2.51. The molecular weight excluding hydrogens is 264 g/mol. The molecule has 1 saturated heterocycles. The van der Waals surface area contributed by atoms with Crippen LogP contribution in [0.2, 0.25) is 0 Å². The highest BCUT2D eigenvalue weighted by Gasteiger charge is 2.24. The van der Waals surface area contributed by atoms with Crippen LogP contribution < -0.4 is 5.32 Å². The van der Waals surface area contributed by atoms with Gasteiger partial charge in [-0.25, -0.2) is 4.68 Å². The van der Waals surface area contributed by atoms with Crippen LogP contribution >= 0.6 is 0 Å². The van der Waals surface area contributed by atoms with E-state index in [-0.39, 0.29) is 5.91 Å². The van der Waals surface area contributed by atoms with E-state index in [0.29, 0.717) is 11.6 Å². The second-order valence-electron chi connectivity index (χ2n) is 5.51. The molecule has 5 heteroatoms. The predicted octanol–water partition coefficient (Wildman–Crippen LogP) is 1.61. The van der Waals surface area contributed by atoms with Gasteiger partial charge >= 0.3 is 0 Å². The number of para-hydroxylation sites is 1. The van der Waals surface area contributed by atoms with Gasteiger partial charge in [0.2, 0.25) is 0 Å². The fraction of sp³-hybridized carbons (Fsp3) is 0.375. The smallest absolute Gasteiger partial charge is 0.257 e. The third-order valence-electron chi connectivity index (χ3n) is 3.81. The van der Waals surface area contributed by atoms with Gasteiger partial charge in [0.25, 0.3) is 5.91 Å². The van der Waals surface area contributed by atoms with Crippen molar-refractivity contribution >= 4 is 5.91 Å². The summed E-state index contributed by atoms with van der Waals surface area (Å²) in [5.41, 5.74) is 2.43. The number of nitrogens with zero attached hydrogens (tertiary/aromatic N) is 3. The van der Waals surface area contributed by atoms with Gasteiger partial charge in [-0.3, -0.25) is 4.79 Å². The lowest BCUT2D eigenvalue weighted by atomic mass is 10.2. The molecule has 1 aromatic carbocycles. The minimum Gasteiger partial charge on any atom is -0.336 e. The van der Waals surface area contributed by atoms with Crippen LogP contribution in [0.25, 0.3) is 5.69 Å².